The third-order valence-corrected chi connectivity index (χ3v) is 5.27. The number of ether oxygens (including phenoxy) is 1. The number of esters is 1. The molecule has 1 unspecified atom stereocenters. The molecule has 0 bridgehead atoms. The van der Waals surface area contributed by atoms with E-state index in [2.05, 4.69) is 20.7 Å². The van der Waals surface area contributed by atoms with E-state index < -0.39 is 18.0 Å². The molecule has 0 saturated carbocycles. The topological polar surface area (TPSA) is 99.0 Å². The summed E-state index contributed by atoms with van der Waals surface area (Å²) in [6, 6.07) is 22.3. The van der Waals surface area contributed by atoms with E-state index in [0.717, 1.165) is 27.1 Å². The van der Waals surface area contributed by atoms with Crippen molar-refractivity contribution in [1.29, 1.82) is 0 Å². The number of aryl methyl sites for hydroxylation is 3. The predicted molar refractivity (Wildman–Crippen MR) is 128 cm³/mol. The number of benzene rings is 3. The summed E-state index contributed by atoms with van der Waals surface area (Å²) in [7, 11) is 0. The van der Waals surface area contributed by atoms with Crippen molar-refractivity contribution in [2.45, 2.75) is 33.4 Å². The summed E-state index contributed by atoms with van der Waals surface area (Å²) < 4.78 is 5.60. The third-order valence-electron chi connectivity index (χ3n) is 5.27. The highest BCUT2D eigenvalue weighted by Gasteiger charge is 2.26. The van der Waals surface area contributed by atoms with Crippen molar-refractivity contribution in [3.8, 4) is 11.4 Å². The molecule has 0 spiro atoms. The first-order valence-electron chi connectivity index (χ1n) is 10.9. The van der Waals surface area contributed by atoms with Gasteiger partial charge >= 0.3 is 5.97 Å². The Morgan fingerprint density at radius 2 is 1.65 bits per heavy atom. The molecule has 0 saturated heterocycles. The van der Waals surface area contributed by atoms with E-state index in [1.54, 1.807) is 24.3 Å². The SMILES string of the molecule is Cc1ccc(-c2nnn(CC(=O)OC(C(=O)Nc3cc(C)ccc3C)c3ccccc3)n2)cc1. The van der Waals surface area contributed by atoms with Crippen LogP contribution < -0.4 is 5.32 Å². The van der Waals surface area contributed by atoms with Crippen LogP contribution in [0, 0.1) is 20.8 Å². The molecule has 34 heavy (non-hydrogen) atoms. The summed E-state index contributed by atoms with van der Waals surface area (Å²) >= 11 is 0. The lowest BCUT2D eigenvalue weighted by atomic mass is 10.1. The van der Waals surface area contributed by atoms with E-state index in [-0.39, 0.29) is 6.54 Å². The van der Waals surface area contributed by atoms with E-state index in [0.29, 0.717) is 17.1 Å². The highest BCUT2D eigenvalue weighted by molar-refractivity contribution is 5.96. The van der Waals surface area contributed by atoms with Crippen molar-refractivity contribution in [1.82, 2.24) is 20.2 Å². The Hall–Kier alpha value is -4.33. The molecule has 1 atom stereocenters. The van der Waals surface area contributed by atoms with Crippen molar-refractivity contribution < 1.29 is 14.3 Å². The third kappa shape index (κ3) is 5.53. The standard InChI is InChI=1S/C26H25N5O3/c1-17-10-13-21(14-11-17)25-28-30-31(29-25)16-23(32)34-24(20-7-5-4-6-8-20)26(33)27-22-15-18(2)9-12-19(22)3/h4-15,24H,16H2,1-3H3,(H,27,33). The van der Waals surface area contributed by atoms with Crippen LogP contribution in [0.15, 0.2) is 72.8 Å². The highest BCUT2D eigenvalue weighted by atomic mass is 16.5. The Balaban J connectivity index is 1.49. The van der Waals surface area contributed by atoms with Crippen molar-refractivity contribution in [3.63, 3.8) is 0 Å². The van der Waals surface area contributed by atoms with Gasteiger partial charge in [-0.2, -0.15) is 4.80 Å². The number of nitrogens with one attached hydrogen (secondary N) is 1. The maximum absolute atomic E-state index is 13.1. The minimum absolute atomic E-state index is 0.279. The molecule has 1 amide bonds. The van der Waals surface area contributed by atoms with E-state index in [4.69, 9.17) is 4.74 Å². The average Bonchev–Trinajstić information content (AvgIpc) is 3.29. The van der Waals surface area contributed by atoms with Gasteiger partial charge in [-0.15, -0.1) is 10.2 Å². The number of nitrogens with zero attached hydrogens (tertiary/aromatic N) is 4. The number of anilines is 1. The van der Waals surface area contributed by atoms with Gasteiger partial charge in [-0.25, -0.2) is 4.79 Å². The minimum atomic E-state index is -1.13. The number of tetrazole rings is 1. The number of amides is 1. The highest BCUT2D eigenvalue weighted by Crippen LogP contribution is 2.23. The van der Waals surface area contributed by atoms with Crippen LogP contribution in [0.3, 0.4) is 0 Å². The minimum Gasteiger partial charge on any atom is -0.446 e. The summed E-state index contributed by atoms with van der Waals surface area (Å²) in [5, 5.41) is 15.1. The lowest BCUT2D eigenvalue weighted by Gasteiger charge is -2.19. The summed E-state index contributed by atoms with van der Waals surface area (Å²) in [5.41, 5.74) is 5.06. The largest absolute Gasteiger partial charge is 0.446 e. The predicted octanol–water partition coefficient (Wildman–Crippen LogP) is 4.19. The molecule has 4 rings (SSSR count). The van der Waals surface area contributed by atoms with Crippen LogP contribution in [-0.4, -0.2) is 32.1 Å². The molecule has 0 aliphatic carbocycles. The van der Waals surface area contributed by atoms with Gasteiger partial charge in [0.25, 0.3) is 5.91 Å². The van der Waals surface area contributed by atoms with Gasteiger partial charge < -0.3 is 10.1 Å². The van der Waals surface area contributed by atoms with E-state index in [1.165, 1.54) is 0 Å². The summed E-state index contributed by atoms with van der Waals surface area (Å²) in [4.78, 5) is 27.0. The molecule has 8 nitrogen and oxygen atoms in total. The molecular weight excluding hydrogens is 430 g/mol. The Labute approximate surface area is 197 Å². The fourth-order valence-electron chi connectivity index (χ4n) is 3.38. The second-order valence-corrected chi connectivity index (χ2v) is 8.10. The fourth-order valence-corrected chi connectivity index (χ4v) is 3.38. The summed E-state index contributed by atoms with van der Waals surface area (Å²) in [6.07, 6.45) is -1.13. The van der Waals surface area contributed by atoms with Gasteiger partial charge in [0.1, 0.15) is 0 Å². The normalized spacial score (nSPS) is 11.6. The lowest BCUT2D eigenvalue weighted by molar-refractivity contribution is -0.155. The Bertz CT molecular complexity index is 1300. The molecule has 0 aliphatic rings. The van der Waals surface area contributed by atoms with Gasteiger partial charge in [-0.1, -0.05) is 72.3 Å². The van der Waals surface area contributed by atoms with E-state index >= 15 is 0 Å². The second kappa shape index (κ2) is 10.1. The summed E-state index contributed by atoms with van der Waals surface area (Å²) in [5.74, 6) is -0.696. The smallest absolute Gasteiger partial charge is 0.330 e. The zero-order chi connectivity index (χ0) is 24.1. The zero-order valence-electron chi connectivity index (χ0n) is 19.2. The maximum Gasteiger partial charge on any atom is 0.330 e. The lowest BCUT2D eigenvalue weighted by Crippen LogP contribution is -2.28. The number of carbonyl (C=O) groups excluding carboxylic acids is 2. The summed E-state index contributed by atoms with van der Waals surface area (Å²) in [6.45, 7) is 5.56. The van der Waals surface area contributed by atoms with Crippen LogP contribution in [0.5, 0.6) is 0 Å². The molecule has 1 aromatic heterocycles. The Morgan fingerprint density at radius 3 is 2.38 bits per heavy atom. The van der Waals surface area contributed by atoms with Gasteiger partial charge in [0, 0.05) is 16.8 Å². The van der Waals surface area contributed by atoms with Gasteiger partial charge in [0.2, 0.25) is 11.9 Å². The van der Waals surface area contributed by atoms with Crippen LogP contribution in [0.2, 0.25) is 0 Å². The molecule has 8 heteroatoms. The average molecular weight is 456 g/mol. The Kier molecular flexibility index (Phi) is 6.77. The second-order valence-electron chi connectivity index (χ2n) is 8.10. The molecule has 4 aromatic rings. The van der Waals surface area contributed by atoms with Crippen LogP contribution in [0.4, 0.5) is 5.69 Å². The molecule has 1 N–H and O–H groups in total. The van der Waals surface area contributed by atoms with Crippen molar-refractivity contribution in [2.75, 3.05) is 5.32 Å². The molecule has 1 heterocycles. The molecule has 0 fully saturated rings. The molecule has 0 radical (unpaired) electrons. The number of carbonyl (C=O) groups is 2. The van der Waals surface area contributed by atoms with Gasteiger partial charge in [0.15, 0.2) is 6.54 Å². The van der Waals surface area contributed by atoms with Crippen LogP contribution in [0.25, 0.3) is 11.4 Å². The quantitative estimate of drug-likeness (QED) is 0.420. The van der Waals surface area contributed by atoms with Crippen molar-refractivity contribution >= 4 is 17.6 Å². The molecule has 0 aliphatic heterocycles. The first-order valence-corrected chi connectivity index (χ1v) is 10.9. The van der Waals surface area contributed by atoms with Crippen molar-refractivity contribution in [3.05, 3.63) is 95.1 Å². The first-order chi connectivity index (χ1) is 16.4. The maximum atomic E-state index is 13.1. The van der Waals surface area contributed by atoms with Gasteiger partial charge in [-0.05, 0) is 43.2 Å². The van der Waals surface area contributed by atoms with Crippen LogP contribution in [-0.2, 0) is 20.9 Å². The first kappa shape index (κ1) is 22.8. The van der Waals surface area contributed by atoms with Crippen LogP contribution >= 0.6 is 0 Å². The van der Waals surface area contributed by atoms with E-state index in [1.807, 2.05) is 69.3 Å². The van der Waals surface area contributed by atoms with Gasteiger partial charge in [-0.3, -0.25) is 4.79 Å². The Morgan fingerprint density at radius 1 is 0.941 bits per heavy atom. The number of hydrogen-bond donors (Lipinski definition) is 1. The monoisotopic (exact) mass is 455 g/mol. The van der Waals surface area contributed by atoms with Crippen LogP contribution in [0.1, 0.15) is 28.4 Å². The number of aromatic nitrogens is 4. The fraction of sp³-hybridized carbons (Fsp3) is 0.192. The zero-order valence-corrected chi connectivity index (χ0v) is 19.2. The van der Waals surface area contributed by atoms with Crippen molar-refractivity contribution in [2.24, 2.45) is 0 Å². The van der Waals surface area contributed by atoms with Gasteiger partial charge in [0.05, 0.1) is 0 Å². The molecule has 3 aromatic carbocycles. The number of rotatable bonds is 7. The number of hydrogen-bond acceptors (Lipinski definition) is 6. The molecular formula is C26H25N5O3. The molecule has 172 valence electrons. The van der Waals surface area contributed by atoms with E-state index in [9.17, 15) is 9.59 Å².